The third-order valence-electron chi connectivity index (χ3n) is 20.0. The number of aromatic hydroxyl groups is 1. The number of para-hydroxylation sites is 1. The number of carbonyl (C=O) groups is 16. The minimum absolute atomic E-state index is 0.0376. The van der Waals surface area contributed by atoms with E-state index in [1.165, 1.54) is 57.6 Å². The fourth-order valence-corrected chi connectivity index (χ4v) is 13.1. The molecule has 0 aliphatic heterocycles. The Morgan fingerprint density at radius 2 is 0.950 bits per heavy atom. The predicted molar refractivity (Wildman–Crippen MR) is 432 cm³/mol. The first-order chi connectivity index (χ1) is 56.9. The summed E-state index contributed by atoms with van der Waals surface area (Å²) in [6.07, 6.45) is 0.218. The third kappa shape index (κ3) is 31.5. The van der Waals surface area contributed by atoms with Crippen molar-refractivity contribution in [3.8, 4) is 5.75 Å². The molecule has 0 unspecified atom stereocenters. The monoisotopic (exact) mass is 1680 g/mol. The van der Waals surface area contributed by atoms with Crippen molar-refractivity contribution in [3.05, 3.63) is 120 Å². The number of aliphatic carboxylic acids is 1. The van der Waals surface area contributed by atoms with Crippen molar-refractivity contribution < 1.29 is 102 Å². The number of primary amides is 2. The molecule has 2 aromatic heterocycles. The number of nitrogens with one attached hydrogen (secondary N) is 15. The Hall–Kier alpha value is -12.4. The van der Waals surface area contributed by atoms with E-state index in [-0.39, 0.29) is 61.9 Å². The molecule has 3 aromatic carbocycles. The molecule has 40 nitrogen and oxygen atoms in total. The largest absolute Gasteiger partial charge is 0.508 e. The number of nitrogens with zero attached hydrogens (tertiary/aromatic N) is 1. The van der Waals surface area contributed by atoms with Crippen molar-refractivity contribution in [1.82, 2.24) is 84.1 Å². The van der Waals surface area contributed by atoms with Crippen LogP contribution in [0.15, 0.2) is 97.6 Å². The number of aromatic nitrogens is 3. The highest BCUT2D eigenvalue weighted by Crippen LogP contribution is 2.31. The Morgan fingerprint density at radius 1 is 0.483 bits per heavy atom. The number of hydrogen-bond donors (Lipinski definition) is 23. The van der Waals surface area contributed by atoms with Gasteiger partial charge in [-0.1, -0.05) is 93.8 Å². The normalized spacial score (nSPS) is 15.7. The molecule has 2 heterocycles. The molecule has 26 N–H and O–H groups in total. The number of imidazole rings is 1. The number of fused-ring (bicyclic) bond motifs is 1. The summed E-state index contributed by atoms with van der Waals surface area (Å²) >= 11 is 0. The number of carboxylic acids is 1. The third-order valence-corrected chi connectivity index (χ3v) is 20.0. The second-order valence-corrected chi connectivity index (χ2v) is 30.3. The van der Waals surface area contributed by atoms with Crippen LogP contribution in [0.4, 0.5) is 0 Å². The number of unbranched alkanes of at least 4 members (excludes halogenated alkanes) is 1. The molecule has 15 atom stereocenters. The summed E-state index contributed by atoms with van der Waals surface area (Å²) in [6, 6.07) is -0.384. The van der Waals surface area contributed by atoms with Gasteiger partial charge in [-0.3, -0.25) is 76.7 Å². The van der Waals surface area contributed by atoms with E-state index >= 15 is 14.4 Å². The van der Waals surface area contributed by atoms with Crippen LogP contribution in [0, 0.1) is 11.8 Å². The maximum Gasteiger partial charge on any atom is 0.303 e. The Balaban J connectivity index is 1.27. The summed E-state index contributed by atoms with van der Waals surface area (Å²) in [6.45, 7) is 7.62. The molecule has 1 aliphatic rings. The number of rotatable bonds is 51. The zero-order valence-electron chi connectivity index (χ0n) is 67.7. The molecule has 0 bridgehead atoms. The number of benzene rings is 3. The van der Waals surface area contributed by atoms with E-state index < -0.39 is 230 Å². The van der Waals surface area contributed by atoms with Crippen LogP contribution in [0.2, 0.25) is 0 Å². The van der Waals surface area contributed by atoms with Gasteiger partial charge < -0.3 is 122 Å². The van der Waals surface area contributed by atoms with E-state index in [1.54, 1.807) is 74.6 Å². The molecular weight excluding hydrogens is 1560 g/mol. The second-order valence-electron chi connectivity index (χ2n) is 30.3. The Bertz CT molecular complexity index is 4330. The van der Waals surface area contributed by atoms with E-state index in [0.29, 0.717) is 53.3 Å². The molecule has 15 amide bonds. The fraction of sp³-hybridized carbons (Fsp3) is 0.512. The van der Waals surface area contributed by atoms with Crippen LogP contribution in [-0.2, 0) is 102 Å². The lowest BCUT2D eigenvalue weighted by Crippen LogP contribution is -2.62. The molecule has 0 radical (unpaired) electrons. The predicted octanol–water partition coefficient (Wildman–Crippen LogP) is -4.06. The van der Waals surface area contributed by atoms with Crippen LogP contribution in [0.25, 0.3) is 10.9 Å². The van der Waals surface area contributed by atoms with Crippen LogP contribution in [0.5, 0.6) is 5.75 Å². The van der Waals surface area contributed by atoms with Gasteiger partial charge in [-0.15, -0.1) is 0 Å². The van der Waals surface area contributed by atoms with Gasteiger partial charge >= 0.3 is 5.97 Å². The van der Waals surface area contributed by atoms with E-state index in [1.807, 2.05) is 0 Å². The number of H-pyrrole nitrogens is 2. The van der Waals surface area contributed by atoms with Gasteiger partial charge in [0.2, 0.25) is 88.6 Å². The minimum atomic E-state index is -1.83. The SMILES string of the molecule is CC(=O)N[C@@H](CC(C)C)C(=O)N[C@H](C(=O)N[C@@H](Cc1ccccc1)C(=O)N[C@@H](CCC(=O)O)C(=O)N[C@@H](Cc1c[nH]cn1)C(=O)N[C@@H](Cc1ccc(O)cc1)C(=O)N[C@@H](Cc1c[nH]c2ccccc12)C(=O)N[C@@H](C)C(=O)N[C@@H](CCC(N)=O)C(=O)N[C@@H](CC1CCC1)C(=O)N[C@H](C(=O)N[C@@H](CO)C(=O)N[C@@H](CCCCN)C(N)=O)[C@@H](C)O)[C@@H](C)O. The van der Waals surface area contributed by atoms with Gasteiger partial charge in [0.1, 0.15) is 84.3 Å². The molecule has 1 saturated carbocycles. The van der Waals surface area contributed by atoms with Gasteiger partial charge in [0.25, 0.3) is 0 Å². The summed E-state index contributed by atoms with van der Waals surface area (Å²) in [4.78, 5) is 232. The average Bonchev–Trinajstić information content (AvgIpc) is 1.71. The quantitative estimate of drug-likeness (QED) is 0.0165. The highest BCUT2D eigenvalue weighted by molar-refractivity contribution is 6.01. The van der Waals surface area contributed by atoms with E-state index in [0.717, 1.165) is 13.3 Å². The van der Waals surface area contributed by atoms with Gasteiger partial charge in [0.15, 0.2) is 0 Å². The number of phenolic OH excluding ortho intramolecular Hbond substituents is 1. The standard InChI is InChI=1S/C80H113N19O21/c1-41(2)31-57(88-45(6)103)76(116)98-66(43(4)101)79(119)96-59(32-46-15-8-7-9-16-46)73(113)91-56(27-29-65(106)107)71(111)95-62(36-50-38-84-40-86-50)75(115)93-58(34-48-22-24-51(104)25-23-48)74(114)94-61(35-49-37-85-53-20-11-10-19-52(49)53)72(112)87-42(3)69(109)90-55(26-28-64(82)105)70(110)92-60(33-47-17-14-18-47)77(117)99-67(44(5)102)80(120)97-63(39-100)78(118)89-54(68(83)108)21-12-13-30-81/h7-11,15-16,19-20,22-25,37-38,40-44,47,54-63,66-67,85,100-102,104H,12-14,17-18,21,26-36,39,81H2,1-6H3,(H2,82,105)(H2,83,108)(H,84,86)(H,87,112)(H,88,103)(H,89,118)(H,90,109)(H,91,113)(H,92,110)(H,93,115)(H,94,114)(H,95,111)(H,96,119)(H,97,120)(H,98,116)(H,99,117)(H,106,107)/t42-,43+,44+,54-,55-,56-,57-,58-,59-,60-,61-,62-,63-,66-,67-/m0/s1. The molecule has 40 heteroatoms. The molecule has 0 spiro atoms. The van der Waals surface area contributed by atoms with Crippen LogP contribution >= 0.6 is 0 Å². The number of nitrogens with two attached hydrogens (primary N) is 3. The highest BCUT2D eigenvalue weighted by Gasteiger charge is 2.40. The van der Waals surface area contributed by atoms with Crippen molar-refractivity contribution in [1.29, 1.82) is 0 Å². The second kappa shape index (κ2) is 47.8. The topological polar surface area (TPSA) is 653 Å². The lowest BCUT2D eigenvalue weighted by molar-refractivity contribution is -0.139. The molecular formula is C80H113N19O21. The van der Waals surface area contributed by atoms with Gasteiger partial charge in [0.05, 0.1) is 30.8 Å². The van der Waals surface area contributed by atoms with Crippen LogP contribution < -0.4 is 86.3 Å². The number of amides is 15. The molecule has 120 heavy (non-hydrogen) atoms. The molecule has 0 saturated heterocycles. The molecule has 6 rings (SSSR count). The number of aliphatic hydroxyl groups excluding tert-OH is 3. The zero-order chi connectivity index (χ0) is 88.4. The number of carboxylic acid groups (broad SMARTS) is 1. The summed E-state index contributed by atoms with van der Waals surface area (Å²) in [5, 5.41) is 85.3. The van der Waals surface area contributed by atoms with Crippen molar-refractivity contribution >= 4 is 105 Å². The van der Waals surface area contributed by atoms with Crippen molar-refractivity contribution in [2.24, 2.45) is 29.0 Å². The van der Waals surface area contributed by atoms with Gasteiger partial charge in [0, 0.05) is 68.7 Å². The lowest BCUT2D eigenvalue weighted by Gasteiger charge is -2.32. The summed E-state index contributed by atoms with van der Waals surface area (Å²) < 4.78 is 0. The lowest BCUT2D eigenvalue weighted by atomic mass is 9.80. The van der Waals surface area contributed by atoms with Gasteiger partial charge in [-0.25, -0.2) is 4.98 Å². The zero-order valence-corrected chi connectivity index (χ0v) is 67.7. The van der Waals surface area contributed by atoms with E-state index in [4.69, 9.17) is 17.2 Å². The summed E-state index contributed by atoms with van der Waals surface area (Å²) in [7, 11) is 0. The molecule has 1 fully saturated rings. The Kier molecular flexibility index (Phi) is 38.4. The number of aliphatic hydroxyl groups is 3. The molecule has 5 aromatic rings. The van der Waals surface area contributed by atoms with Gasteiger partial charge in [-0.2, -0.15) is 0 Å². The minimum Gasteiger partial charge on any atom is -0.508 e. The van der Waals surface area contributed by atoms with Crippen LogP contribution in [-0.4, -0.2) is 239 Å². The first-order valence-electron chi connectivity index (χ1n) is 39.7. The molecule has 654 valence electrons. The first-order valence-corrected chi connectivity index (χ1v) is 39.7. The van der Waals surface area contributed by atoms with Gasteiger partial charge in [-0.05, 0) is 119 Å². The average molecular weight is 1680 g/mol. The molecule has 1 aliphatic carbocycles. The number of phenols is 1. The highest BCUT2D eigenvalue weighted by atomic mass is 16.4. The number of aromatic amines is 2. The fourth-order valence-electron chi connectivity index (χ4n) is 13.1. The smallest absolute Gasteiger partial charge is 0.303 e. The van der Waals surface area contributed by atoms with E-state index in [9.17, 15) is 87.9 Å². The van der Waals surface area contributed by atoms with Crippen molar-refractivity contribution in [2.75, 3.05) is 13.2 Å². The Labute approximate surface area is 691 Å². The van der Waals surface area contributed by atoms with Crippen molar-refractivity contribution in [2.45, 2.75) is 235 Å². The summed E-state index contributed by atoms with van der Waals surface area (Å²) in [5.74, 6) is -16.8. The Morgan fingerprint density at radius 3 is 1.46 bits per heavy atom. The van der Waals surface area contributed by atoms with Crippen molar-refractivity contribution in [3.63, 3.8) is 0 Å². The maximum absolute atomic E-state index is 15.3. The number of hydrogen-bond acceptors (Lipinski definition) is 22. The van der Waals surface area contributed by atoms with Crippen LogP contribution in [0.3, 0.4) is 0 Å². The maximum atomic E-state index is 15.3. The number of carbonyl (C=O) groups excluding carboxylic acids is 15. The van der Waals surface area contributed by atoms with Crippen LogP contribution in [0.1, 0.15) is 141 Å². The summed E-state index contributed by atoms with van der Waals surface area (Å²) in [5.41, 5.74) is 18.6. The first kappa shape index (κ1) is 96.4. The van der Waals surface area contributed by atoms with E-state index in [2.05, 4.69) is 84.1 Å².